The van der Waals surface area contributed by atoms with Gasteiger partial charge in [0.2, 0.25) is 0 Å². The number of piperazine rings is 1. The van der Waals surface area contributed by atoms with Gasteiger partial charge in [-0.05, 0) is 67.1 Å². The Kier molecular flexibility index (Phi) is 7.66. The summed E-state index contributed by atoms with van der Waals surface area (Å²) in [4.78, 5) is 39.8. The van der Waals surface area contributed by atoms with E-state index < -0.39 is 0 Å². The summed E-state index contributed by atoms with van der Waals surface area (Å²) >= 11 is 0. The number of aromatic nitrogens is 3. The number of nitrogens with zero attached hydrogens (tertiary/aromatic N) is 5. The number of rotatable bonds is 7. The van der Waals surface area contributed by atoms with Gasteiger partial charge in [-0.1, -0.05) is 30.3 Å². The highest BCUT2D eigenvalue weighted by Crippen LogP contribution is 2.24. The van der Waals surface area contributed by atoms with Gasteiger partial charge in [-0.2, -0.15) is 0 Å². The average Bonchev–Trinajstić information content (AvgIpc) is 3.45. The van der Waals surface area contributed by atoms with E-state index in [1.807, 2.05) is 55.6 Å². The number of hydrogen-bond acceptors (Lipinski definition) is 6. The molecule has 9 heteroatoms. The molecule has 9 nitrogen and oxygen atoms in total. The number of fused-ring (bicyclic) bond motifs is 1. The zero-order valence-corrected chi connectivity index (χ0v) is 23.7. The minimum atomic E-state index is -0.307. The van der Waals surface area contributed by atoms with E-state index in [0.717, 1.165) is 54.1 Å². The van der Waals surface area contributed by atoms with Gasteiger partial charge in [-0.3, -0.25) is 19.0 Å². The fraction of sp³-hybridized carbons (Fsp3) is 0.212. The minimum absolute atomic E-state index is 0.198. The van der Waals surface area contributed by atoms with Crippen LogP contribution in [0.5, 0.6) is 0 Å². The van der Waals surface area contributed by atoms with Crippen LogP contribution in [0.25, 0.3) is 16.8 Å². The van der Waals surface area contributed by atoms with Gasteiger partial charge in [0, 0.05) is 73.8 Å². The summed E-state index contributed by atoms with van der Waals surface area (Å²) in [5.74, 6) is -0.505. The van der Waals surface area contributed by atoms with Crippen LogP contribution in [0, 0.1) is 6.92 Å². The second kappa shape index (κ2) is 11.8. The van der Waals surface area contributed by atoms with Crippen molar-refractivity contribution < 1.29 is 9.59 Å². The van der Waals surface area contributed by atoms with Crippen molar-refractivity contribution in [3.63, 3.8) is 0 Å². The van der Waals surface area contributed by atoms with E-state index in [4.69, 9.17) is 0 Å². The number of para-hydroxylation sites is 1. The molecule has 42 heavy (non-hydrogen) atoms. The van der Waals surface area contributed by atoms with Gasteiger partial charge in [-0.15, -0.1) is 0 Å². The molecule has 212 valence electrons. The third-order valence-electron chi connectivity index (χ3n) is 7.76. The Morgan fingerprint density at radius 1 is 0.881 bits per heavy atom. The molecule has 0 aliphatic carbocycles. The van der Waals surface area contributed by atoms with Crippen LogP contribution < -0.4 is 15.5 Å². The molecule has 1 aliphatic heterocycles. The van der Waals surface area contributed by atoms with E-state index in [-0.39, 0.29) is 11.8 Å². The number of nitrogens with one attached hydrogen (secondary N) is 2. The molecule has 6 rings (SSSR count). The molecule has 0 bridgehead atoms. The number of amides is 2. The van der Waals surface area contributed by atoms with Crippen molar-refractivity contribution in [2.45, 2.75) is 13.5 Å². The Morgan fingerprint density at radius 2 is 1.71 bits per heavy atom. The van der Waals surface area contributed by atoms with Crippen molar-refractivity contribution in [1.29, 1.82) is 0 Å². The first-order chi connectivity index (χ1) is 20.5. The van der Waals surface area contributed by atoms with Crippen LogP contribution in [-0.4, -0.2) is 64.3 Å². The molecule has 0 saturated carbocycles. The number of aryl methyl sites for hydroxylation is 1. The second-order valence-electron chi connectivity index (χ2n) is 10.6. The third-order valence-corrected chi connectivity index (χ3v) is 7.76. The molecule has 2 amide bonds. The van der Waals surface area contributed by atoms with E-state index in [2.05, 4.69) is 49.6 Å². The summed E-state index contributed by atoms with van der Waals surface area (Å²) in [6, 6.07) is 21.3. The van der Waals surface area contributed by atoms with Gasteiger partial charge in [-0.25, -0.2) is 4.98 Å². The number of carbonyl (C=O) groups is 2. The molecule has 0 atom stereocenters. The molecule has 0 spiro atoms. The topological polar surface area (TPSA) is 94.9 Å². The van der Waals surface area contributed by atoms with Gasteiger partial charge in [0.1, 0.15) is 11.3 Å². The molecule has 2 aromatic carbocycles. The molecular weight excluding hydrogens is 526 g/mol. The Balaban J connectivity index is 1.15. The summed E-state index contributed by atoms with van der Waals surface area (Å²) in [5, 5.41) is 6.04. The fourth-order valence-corrected chi connectivity index (χ4v) is 5.24. The Labute approximate surface area is 244 Å². The lowest BCUT2D eigenvalue weighted by molar-refractivity contribution is 0.0949. The predicted molar refractivity (Wildman–Crippen MR) is 165 cm³/mol. The number of anilines is 2. The van der Waals surface area contributed by atoms with Crippen molar-refractivity contribution in [1.82, 2.24) is 24.6 Å². The van der Waals surface area contributed by atoms with Crippen molar-refractivity contribution in [3.8, 4) is 11.1 Å². The maximum absolute atomic E-state index is 13.3. The molecule has 0 unspecified atom stereocenters. The first-order valence-electron chi connectivity index (χ1n) is 14.1. The summed E-state index contributed by atoms with van der Waals surface area (Å²) < 4.78 is 1.75. The molecule has 5 aromatic rings. The average molecular weight is 560 g/mol. The Hall–Kier alpha value is -5.02. The smallest absolute Gasteiger partial charge is 0.274 e. The van der Waals surface area contributed by atoms with Gasteiger partial charge in [0.25, 0.3) is 11.8 Å². The lowest BCUT2D eigenvalue weighted by Gasteiger charge is -2.35. The van der Waals surface area contributed by atoms with E-state index in [1.54, 1.807) is 35.1 Å². The molecule has 1 aliphatic rings. The monoisotopic (exact) mass is 559 g/mol. The van der Waals surface area contributed by atoms with Crippen molar-refractivity contribution in [2.75, 3.05) is 43.4 Å². The lowest BCUT2D eigenvalue weighted by Crippen LogP contribution is -2.45. The number of pyridine rings is 2. The van der Waals surface area contributed by atoms with Crippen LogP contribution in [0.4, 0.5) is 11.4 Å². The highest BCUT2D eigenvalue weighted by molar-refractivity contribution is 6.05. The molecule has 2 N–H and O–H groups in total. The van der Waals surface area contributed by atoms with Crippen LogP contribution in [0.2, 0.25) is 0 Å². The molecule has 3 aromatic heterocycles. The number of imidazole rings is 1. The highest BCUT2D eigenvalue weighted by Gasteiger charge is 2.18. The lowest BCUT2D eigenvalue weighted by atomic mass is 10.1. The van der Waals surface area contributed by atoms with Crippen LogP contribution in [0.1, 0.15) is 32.0 Å². The first-order valence-corrected chi connectivity index (χ1v) is 14.1. The molecule has 4 heterocycles. The van der Waals surface area contributed by atoms with E-state index >= 15 is 0 Å². The molecule has 1 saturated heterocycles. The fourth-order valence-electron chi connectivity index (χ4n) is 5.24. The summed E-state index contributed by atoms with van der Waals surface area (Å²) in [5.41, 5.74) is 7.14. The van der Waals surface area contributed by atoms with Gasteiger partial charge in [0.05, 0.1) is 6.20 Å². The SMILES string of the molecule is Cc1ccc(C(=O)NCc2ccccc2N2CCN(C)CC2)cc1NC(=O)c1cnc2cc(-c3cccnc3)ccn12. The molecule has 1 fully saturated rings. The van der Waals surface area contributed by atoms with E-state index in [0.29, 0.717) is 29.1 Å². The number of benzene rings is 2. The van der Waals surface area contributed by atoms with E-state index in [9.17, 15) is 9.59 Å². The first kappa shape index (κ1) is 27.2. The van der Waals surface area contributed by atoms with Crippen LogP contribution in [0.3, 0.4) is 0 Å². The van der Waals surface area contributed by atoms with Crippen LogP contribution in [-0.2, 0) is 6.54 Å². The summed E-state index contributed by atoms with van der Waals surface area (Å²) in [6.07, 6.45) is 6.91. The maximum atomic E-state index is 13.3. The quantitative estimate of drug-likeness (QED) is 0.302. The van der Waals surface area contributed by atoms with Gasteiger partial charge >= 0.3 is 0 Å². The van der Waals surface area contributed by atoms with E-state index in [1.165, 1.54) is 0 Å². The summed E-state index contributed by atoms with van der Waals surface area (Å²) in [7, 11) is 2.14. The standard InChI is InChI=1S/C33H33N7O2/c1-23-9-10-25(32(41)36-21-27-6-3-4-8-29(27)39-16-14-38(2)15-17-39)18-28(23)37-33(42)30-22-35-31-19-24(11-13-40(30)31)26-7-5-12-34-20-26/h3-13,18-20,22H,14-17,21H2,1-2H3,(H,36,41)(H,37,42). The Morgan fingerprint density at radius 3 is 2.52 bits per heavy atom. The van der Waals surface area contributed by atoms with Crippen LogP contribution >= 0.6 is 0 Å². The normalized spacial score (nSPS) is 13.7. The van der Waals surface area contributed by atoms with Crippen molar-refractivity contribution >= 4 is 28.8 Å². The highest BCUT2D eigenvalue weighted by atomic mass is 16.2. The number of likely N-dealkylation sites (N-methyl/N-ethyl adjacent to an activating group) is 1. The molecular formula is C33H33N7O2. The van der Waals surface area contributed by atoms with Gasteiger partial charge < -0.3 is 20.4 Å². The molecule has 0 radical (unpaired) electrons. The maximum Gasteiger partial charge on any atom is 0.274 e. The summed E-state index contributed by atoms with van der Waals surface area (Å²) in [6.45, 7) is 6.26. The number of hydrogen-bond donors (Lipinski definition) is 2. The second-order valence-corrected chi connectivity index (χ2v) is 10.6. The van der Waals surface area contributed by atoms with Crippen molar-refractivity contribution in [3.05, 3.63) is 114 Å². The minimum Gasteiger partial charge on any atom is -0.369 e. The predicted octanol–water partition coefficient (Wildman–Crippen LogP) is 4.64. The van der Waals surface area contributed by atoms with Crippen molar-refractivity contribution in [2.24, 2.45) is 0 Å². The zero-order chi connectivity index (χ0) is 29.1. The van der Waals surface area contributed by atoms with Crippen LogP contribution in [0.15, 0.2) is 91.5 Å². The Bertz CT molecular complexity index is 1740. The zero-order valence-electron chi connectivity index (χ0n) is 23.7. The van der Waals surface area contributed by atoms with Gasteiger partial charge in [0.15, 0.2) is 0 Å². The third kappa shape index (κ3) is 5.73. The largest absolute Gasteiger partial charge is 0.369 e. The number of carbonyl (C=O) groups excluding carboxylic acids is 2.